The number of hydrogen-bond acceptors (Lipinski definition) is 3. The zero-order valence-corrected chi connectivity index (χ0v) is 7.55. The molecule has 0 aromatic rings. The van der Waals surface area contributed by atoms with Crippen molar-refractivity contribution in [2.24, 2.45) is 0 Å². The van der Waals surface area contributed by atoms with Gasteiger partial charge in [0.15, 0.2) is 0 Å². The molecule has 0 bridgehead atoms. The summed E-state index contributed by atoms with van der Waals surface area (Å²) in [5.74, 6) is 0.139. The van der Waals surface area contributed by atoms with Gasteiger partial charge < -0.3 is 14.8 Å². The van der Waals surface area contributed by atoms with Crippen molar-refractivity contribution in [3.05, 3.63) is 0 Å². The molecule has 0 unspecified atom stereocenters. The summed E-state index contributed by atoms with van der Waals surface area (Å²) in [7, 11) is 0. The predicted octanol–water partition coefficient (Wildman–Crippen LogP) is 1.10. The van der Waals surface area contributed by atoms with Crippen molar-refractivity contribution in [1.29, 1.82) is 0 Å². The van der Waals surface area contributed by atoms with Gasteiger partial charge in [0.25, 0.3) is 0 Å². The highest BCUT2D eigenvalue weighted by Crippen LogP contribution is 1.88. The second kappa shape index (κ2) is 6.64. The first kappa shape index (κ1) is 10.9. The number of amides is 1. The van der Waals surface area contributed by atoms with Crippen LogP contribution in [0.3, 0.4) is 0 Å². The number of carbonyl (C=O) groups is 2. The Bertz CT molecular complexity index is 156. The van der Waals surface area contributed by atoms with Crippen LogP contribution >= 0.6 is 0 Å². The van der Waals surface area contributed by atoms with Crippen LogP contribution < -0.4 is 5.32 Å². The van der Waals surface area contributed by atoms with E-state index in [0.717, 1.165) is 0 Å². The molecule has 0 rings (SSSR count). The number of rotatable bonds is 5. The minimum atomic E-state index is -0.416. The van der Waals surface area contributed by atoms with Crippen molar-refractivity contribution in [1.82, 2.24) is 5.32 Å². The Kier molecular flexibility index (Phi) is 6.05. The van der Waals surface area contributed by atoms with Crippen LogP contribution in [0.1, 0.15) is 26.7 Å². The van der Waals surface area contributed by atoms with Crippen molar-refractivity contribution in [3.63, 3.8) is 0 Å². The molecule has 0 aromatic carbocycles. The molecule has 0 heterocycles. The lowest BCUT2D eigenvalue weighted by molar-refractivity contribution is -0.117. The van der Waals surface area contributed by atoms with Crippen LogP contribution in [0.4, 0.5) is 4.79 Å². The Labute approximate surface area is 72.3 Å². The lowest BCUT2D eigenvalue weighted by Gasteiger charge is -2.03. The topological polar surface area (TPSA) is 55.4 Å². The van der Waals surface area contributed by atoms with Crippen molar-refractivity contribution in [3.8, 4) is 0 Å². The van der Waals surface area contributed by atoms with Crippen LogP contribution in [0.25, 0.3) is 0 Å². The molecule has 4 nitrogen and oxygen atoms in total. The molecule has 0 atom stereocenters. The van der Waals surface area contributed by atoms with E-state index in [1.807, 2.05) is 0 Å². The highest BCUT2D eigenvalue weighted by atomic mass is 16.5. The standard InChI is InChI=1S/C8H15NO3/c1-3-12-8(11)9-6-4-5-7(2)10/h3-6H2,1-2H3,(H,9,11). The molecular weight excluding hydrogens is 158 g/mol. The molecule has 0 aliphatic carbocycles. The number of carbonyl (C=O) groups excluding carboxylic acids is 2. The Hall–Kier alpha value is -1.06. The van der Waals surface area contributed by atoms with Crippen LogP contribution in [0.15, 0.2) is 0 Å². The summed E-state index contributed by atoms with van der Waals surface area (Å²) in [6, 6.07) is 0. The third-order valence-electron chi connectivity index (χ3n) is 1.25. The maximum Gasteiger partial charge on any atom is 0.407 e. The van der Waals surface area contributed by atoms with Gasteiger partial charge in [-0.2, -0.15) is 0 Å². The highest BCUT2D eigenvalue weighted by molar-refractivity contribution is 5.75. The van der Waals surface area contributed by atoms with Gasteiger partial charge in [-0.25, -0.2) is 4.79 Å². The maximum atomic E-state index is 10.7. The molecular formula is C8H15NO3. The maximum absolute atomic E-state index is 10.7. The fraction of sp³-hybridized carbons (Fsp3) is 0.750. The summed E-state index contributed by atoms with van der Waals surface area (Å²) in [5, 5.41) is 2.53. The molecule has 0 saturated heterocycles. The molecule has 0 aliphatic heterocycles. The number of nitrogens with one attached hydrogen (secondary N) is 1. The first-order valence-electron chi connectivity index (χ1n) is 4.07. The van der Waals surface area contributed by atoms with E-state index in [-0.39, 0.29) is 5.78 Å². The molecule has 1 amide bonds. The normalized spacial score (nSPS) is 9.17. The first-order valence-corrected chi connectivity index (χ1v) is 4.07. The Morgan fingerprint density at radius 2 is 2.08 bits per heavy atom. The van der Waals surface area contributed by atoms with E-state index in [2.05, 4.69) is 10.1 Å². The van der Waals surface area contributed by atoms with E-state index in [1.54, 1.807) is 6.92 Å². The number of Topliss-reactive ketones (excluding diaryl/α,β-unsaturated/α-hetero) is 1. The minimum Gasteiger partial charge on any atom is -0.450 e. The SMILES string of the molecule is CCOC(=O)NCCCC(C)=O. The lowest BCUT2D eigenvalue weighted by atomic mass is 10.2. The number of ether oxygens (including phenoxy) is 1. The van der Waals surface area contributed by atoms with Gasteiger partial charge >= 0.3 is 6.09 Å². The highest BCUT2D eigenvalue weighted by Gasteiger charge is 1.98. The van der Waals surface area contributed by atoms with Gasteiger partial charge in [0.2, 0.25) is 0 Å². The number of hydrogen-bond donors (Lipinski definition) is 1. The van der Waals surface area contributed by atoms with Crippen LogP contribution in [0.2, 0.25) is 0 Å². The van der Waals surface area contributed by atoms with Crippen molar-refractivity contribution >= 4 is 11.9 Å². The van der Waals surface area contributed by atoms with Gasteiger partial charge in [0.05, 0.1) is 6.61 Å². The van der Waals surface area contributed by atoms with Gasteiger partial charge in [-0.05, 0) is 20.3 Å². The number of alkyl carbamates (subject to hydrolysis) is 1. The molecule has 12 heavy (non-hydrogen) atoms. The molecule has 1 N–H and O–H groups in total. The van der Waals surface area contributed by atoms with Gasteiger partial charge in [0.1, 0.15) is 5.78 Å². The Balaban J connectivity index is 3.19. The van der Waals surface area contributed by atoms with Crippen LogP contribution in [-0.4, -0.2) is 25.0 Å². The summed E-state index contributed by atoms with van der Waals surface area (Å²) >= 11 is 0. The average molecular weight is 173 g/mol. The van der Waals surface area contributed by atoms with E-state index >= 15 is 0 Å². The molecule has 0 aromatic heterocycles. The molecule has 0 aliphatic rings. The Morgan fingerprint density at radius 3 is 2.58 bits per heavy atom. The molecule has 4 heteroatoms. The van der Waals surface area contributed by atoms with E-state index in [1.165, 1.54) is 6.92 Å². The third kappa shape index (κ3) is 7.05. The van der Waals surface area contributed by atoms with Crippen LogP contribution in [0.5, 0.6) is 0 Å². The monoisotopic (exact) mass is 173 g/mol. The molecule has 0 spiro atoms. The summed E-state index contributed by atoms with van der Waals surface area (Å²) in [6.45, 7) is 4.15. The van der Waals surface area contributed by atoms with Crippen LogP contribution in [0, 0.1) is 0 Å². The summed E-state index contributed by atoms with van der Waals surface area (Å²) in [5.41, 5.74) is 0. The summed E-state index contributed by atoms with van der Waals surface area (Å²) in [4.78, 5) is 21.1. The Morgan fingerprint density at radius 1 is 1.42 bits per heavy atom. The fourth-order valence-electron chi connectivity index (χ4n) is 0.710. The van der Waals surface area contributed by atoms with Crippen molar-refractivity contribution in [2.75, 3.05) is 13.2 Å². The molecule has 0 fully saturated rings. The summed E-state index contributed by atoms with van der Waals surface area (Å²) in [6.07, 6.45) is 0.765. The second-order valence-electron chi connectivity index (χ2n) is 2.45. The van der Waals surface area contributed by atoms with E-state index in [4.69, 9.17) is 0 Å². The largest absolute Gasteiger partial charge is 0.450 e. The quantitative estimate of drug-likeness (QED) is 0.633. The predicted molar refractivity (Wildman–Crippen MR) is 44.9 cm³/mol. The summed E-state index contributed by atoms with van der Waals surface area (Å²) < 4.78 is 4.61. The molecule has 0 saturated carbocycles. The third-order valence-corrected chi connectivity index (χ3v) is 1.25. The fourth-order valence-corrected chi connectivity index (χ4v) is 0.710. The minimum absolute atomic E-state index is 0.139. The van der Waals surface area contributed by atoms with Gasteiger partial charge in [-0.3, -0.25) is 0 Å². The smallest absolute Gasteiger partial charge is 0.407 e. The average Bonchev–Trinajstić information content (AvgIpc) is 1.98. The van der Waals surface area contributed by atoms with Crippen molar-refractivity contribution in [2.45, 2.75) is 26.7 Å². The molecule has 0 radical (unpaired) electrons. The zero-order valence-electron chi connectivity index (χ0n) is 7.55. The van der Waals surface area contributed by atoms with Gasteiger partial charge in [-0.1, -0.05) is 0 Å². The van der Waals surface area contributed by atoms with E-state index < -0.39 is 6.09 Å². The number of ketones is 1. The van der Waals surface area contributed by atoms with Gasteiger partial charge in [-0.15, -0.1) is 0 Å². The van der Waals surface area contributed by atoms with Crippen molar-refractivity contribution < 1.29 is 14.3 Å². The second-order valence-corrected chi connectivity index (χ2v) is 2.45. The van der Waals surface area contributed by atoms with Gasteiger partial charge in [0, 0.05) is 13.0 Å². The van der Waals surface area contributed by atoms with E-state index in [0.29, 0.717) is 26.0 Å². The molecule has 70 valence electrons. The first-order chi connectivity index (χ1) is 5.66. The van der Waals surface area contributed by atoms with Crippen LogP contribution in [-0.2, 0) is 9.53 Å². The lowest BCUT2D eigenvalue weighted by Crippen LogP contribution is -2.25. The zero-order chi connectivity index (χ0) is 9.40. The van der Waals surface area contributed by atoms with E-state index in [9.17, 15) is 9.59 Å².